The summed E-state index contributed by atoms with van der Waals surface area (Å²) in [6, 6.07) is 0. The molecule has 11 heteroatoms. The number of rotatable bonds is 12. The van der Waals surface area contributed by atoms with Crippen molar-refractivity contribution in [2.75, 3.05) is 0 Å². The number of carbonyl (C=O) groups excluding carboxylic acids is 5. The van der Waals surface area contributed by atoms with E-state index in [0.29, 0.717) is 44.9 Å². The van der Waals surface area contributed by atoms with Crippen LogP contribution in [0, 0.1) is 45.3 Å². The van der Waals surface area contributed by atoms with E-state index in [1.165, 1.54) is 0 Å². The highest BCUT2D eigenvalue weighted by atomic mass is 16.6. The molecule has 8 aliphatic carbocycles. The highest BCUT2D eigenvalue weighted by Gasteiger charge is 2.65. The highest BCUT2D eigenvalue weighted by molar-refractivity contribution is 5.84. The van der Waals surface area contributed by atoms with E-state index in [-0.39, 0.29) is 93.5 Å². The average Bonchev–Trinajstić information content (AvgIpc) is 3.27. The summed E-state index contributed by atoms with van der Waals surface area (Å²) in [4.78, 5) is 69.8. The van der Waals surface area contributed by atoms with Crippen LogP contribution in [0.3, 0.4) is 0 Å². The van der Waals surface area contributed by atoms with Gasteiger partial charge in [0.25, 0.3) is 0 Å². The van der Waals surface area contributed by atoms with Crippen LogP contribution in [0.2, 0.25) is 0 Å². The van der Waals surface area contributed by atoms with Gasteiger partial charge in [0, 0.05) is 12.8 Å². The molecule has 1 aliphatic heterocycles. The van der Waals surface area contributed by atoms with Gasteiger partial charge in [0.2, 0.25) is 0 Å². The number of carbonyl (C=O) groups is 5. The van der Waals surface area contributed by atoms with Crippen molar-refractivity contribution in [3.8, 4) is 0 Å². The van der Waals surface area contributed by atoms with Crippen LogP contribution in [-0.2, 0) is 47.7 Å². The Morgan fingerprint density at radius 3 is 1.53 bits per heavy atom. The summed E-state index contributed by atoms with van der Waals surface area (Å²) >= 11 is 0. The molecule has 7 unspecified atom stereocenters. The number of hydrogen-bond donors (Lipinski definition) is 1. The Labute approximate surface area is 377 Å². The van der Waals surface area contributed by atoms with Crippen molar-refractivity contribution in [2.24, 2.45) is 45.3 Å². The molecule has 0 aromatic carbocycles. The molecule has 0 spiro atoms. The molecular weight excluding hydrogens is 789 g/mol. The Bertz CT molecular complexity index is 1630. The molecule has 0 aromatic rings. The van der Waals surface area contributed by atoms with Gasteiger partial charge in [0.15, 0.2) is 6.10 Å². The van der Waals surface area contributed by atoms with Gasteiger partial charge in [-0.2, -0.15) is 0 Å². The first-order chi connectivity index (χ1) is 25.6. The van der Waals surface area contributed by atoms with Crippen molar-refractivity contribution < 1.29 is 52.8 Å². The molecule has 7 atom stereocenters. The fourth-order valence-corrected chi connectivity index (χ4v) is 13.5. The van der Waals surface area contributed by atoms with E-state index in [0.717, 1.165) is 38.5 Å². The summed E-state index contributed by atoms with van der Waals surface area (Å²) in [5.41, 5.74) is -8.49. The summed E-state index contributed by atoms with van der Waals surface area (Å²) in [5, 5.41) is 11.5. The Hall–Kier alpha value is -2.69. The summed E-state index contributed by atoms with van der Waals surface area (Å²) in [7, 11) is 0. The van der Waals surface area contributed by atoms with E-state index in [9.17, 15) is 29.1 Å². The zero-order valence-electron chi connectivity index (χ0n) is 35.7. The van der Waals surface area contributed by atoms with Crippen LogP contribution in [0.1, 0.15) is 217 Å². The fraction of sp³-hybridized carbons (Fsp3) is 0.902. The molecule has 0 radical (unpaired) electrons. The quantitative estimate of drug-likeness (QED) is 0.147. The third-order valence-corrected chi connectivity index (χ3v) is 15.1. The number of hydrogen-bond acceptors (Lipinski definition) is 11. The Morgan fingerprint density at radius 2 is 1.11 bits per heavy atom. The summed E-state index contributed by atoms with van der Waals surface area (Å²) < 4.78 is 30.7. The van der Waals surface area contributed by atoms with Crippen LogP contribution in [0.4, 0.5) is 0 Å². The van der Waals surface area contributed by atoms with Crippen molar-refractivity contribution in [1.82, 2.24) is 0 Å². The third-order valence-electron chi connectivity index (χ3n) is 15.1. The molecule has 1 heterocycles. The third kappa shape index (κ3) is 10.7. The molecule has 362 valence electrons. The molecule has 0 aromatic heterocycles. The predicted octanol–water partition coefficient (Wildman–Crippen LogP) is 11.5. The fourth-order valence-electron chi connectivity index (χ4n) is 13.5. The maximum absolute atomic E-state index is 15.0. The second-order valence-corrected chi connectivity index (χ2v) is 23.0. The summed E-state index contributed by atoms with van der Waals surface area (Å²) in [6.07, 6.45) is 8.19. The van der Waals surface area contributed by atoms with Gasteiger partial charge in [-0.1, -0.05) is 51.5 Å². The molecule has 8 bridgehead atoms. The zero-order valence-corrected chi connectivity index (χ0v) is 35.7. The molecule has 9 aliphatic rings. The lowest BCUT2D eigenvalue weighted by atomic mass is 9.47. The van der Waals surface area contributed by atoms with E-state index in [1.54, 1.807) is 34.6 Å². The van der Waals surface area contributed by atoms with Crippen LogP contribution in [0.25, 0.3) is 0 Å². The molecule has 0 amide bonds. The van der Waals surface area contributed by atoms with Crippen LogP contribution in [0.15, 0.2) is 0 Å². The predicted molar refractivity (Wildman–Crippen MR) is 245 cm³/mol. The molecule has 1 saturated heterocycles. The van der Waals surface area contributed by atoms with Crippen molar-refractivity contribution in [3.05, 3.63) is 0 Å². The largest absolute Gasteiger partial charge is 0.460 e. The van der Waals surface area contributed by atoms with E-state index >= 15 is 0 Å². The monoisotopic (exact) mass is 881 g/mol. The second-order valence-electron chi connectivity index (χ2n) is 23.0. The number of esters is 5. The van der Waals surface area contributed by atoms with Crippen LogP contribution < -0.4 is 0 Å². The maximum atomic E-state index is 15.0. The van der Waals surface area contributed by atoms with Crippen LogP contribution >= 0.6 is 0 Å². The van der Waals surface area contributed by atoms with Gasteiger partial charge in [-0.15, -0.1) is 0 Å². The topological polar surface area (TPSA) is 152 Å². The first kappa shape index (κ1) is 57.3. The second kappa shape index (κ2) is 18.3. The molecule has 8 saturated carbocycles. The van der Waals surface area contributed by atoms with Gasteiger partial charge in [-0.05, 0) is 169 Å². The lowest BCUT2D eigenvalue weighted by molar-refractivity contribution is -0.230. The van der Waals surface area contributed by atoms with Gasteiger partial charge in [-0.3, -0.25) is 24.0 Å². The Morgan fingerprint density at radius 1 is 0.661 bits per heavy atom. The van der Waals surface area contributed by atoms with Crippen LogP contribution in [0.5, 0.6) is 0 Å². The van der Waals surface area contributed by atoms with Crippen molar-refractivity contribution >= 4 is 29.8 Å². The summed E-state index contributed by atoms with van der Waals surface area (Å²) in [6.45, 7) is 18.1. The standard InChI is InChI=1S/C45H68O11.6CH4/c1-11-40(9,34(48)55-44-19-27-12-28(20-44)16-42(15-27,25-44)36(50)54-37(2,3)4)24-41(10,23-38(5,6)33(47)52-31-14-32(46)53-39(31,7)8)35(49)56-45-21-29-13-30(22-45)18-43(51,17-29)26-45;;;;;;/h27-31,51H,11-26H2,1-10H3;6*1H4. The van der Waals surface area contributed by atoms with E-state index in [1.807, 2.05) is 34.6 Å². The smallest absolute Gasteiger partial charge is 0.312 e. The van der Waals surface area contributed by atoms with Crippen molar-refractivity contribution in [3.63, 3.8) is 0 Å². The lowest BCUT2D eigenvalue weighted by Crippen LogP contribution is -2.61. The zero-order chi connectivity index (χ0) is 41.1. The van der Waals surface area contributed by atoms with Crippen molar-refractivity contribution in [2.45, 2.75) is 251 Å². The van der Waals surface area contributed by atoms with Crippen molar-refractivity contribution in [1.29, 1.82) is 0 Å². The minimum absolute atomic E-state index is 0. The van der Waals surface area contributed by atoms with Gasteiger partial charge in [0.1, 0.15) is 22.4 Å². The number of cyclic esters (lactones) is 1. The Kier molecular flexibility index (Phi) is 16.9. The minimum Gasteiger partial charge on any atom is -0.460 e. The van der Waals surface area contributed by atoms with Crippen LogP contribution in [-0.4, -0.2) is 69.1 Å². The minimum atomic E-state index is -1.35. The van der Waals surface area contributed by atoms with Gasteiger partial charge in [-0.25, -0.2) is 0 Å². The average molecular weight is 881 g/mol. The molecule has 11 nitrogen and oxygen atoms in total. The molecule has 9 rings (SSSR count). The Balaban J connectivity index is 0.00000320. The molecule has 1 N–H and O–H groups in total. The number of aliphatic hydroxyl groups is 1. The lowest BCUT2D eigenvalue weighted by Gasteiger charge is -2.60. The van der Waals surface area contributed by atoms with Gasteiger partial charge >= 0.3 is 29.8 Å². The van der Waals surface area contributed by atoms with E-state index < -0.39 is 79.6 Å². The molecule has 9 fully saturated rings. The maximum Gasteiger partial charge on any atom is 0.312 e. The van der Waals surface area contributed by atoms with E-state index in [2.05, 4.69) is 0 Å². The van der Waals surface area contributed by atoms with Gasteiger partial charge in [0.05, 0.1) is 33.7 Å². The highest BCUT2D eigenvalue weighted by Crippen LogP contribution is 2.64. The van der Waals surface area contributed by atoms with E-state index in [4.69, 9.17) is 23.7 Å². The normalized spacial score (nSPS) is 36.1. The van der Waals surface area contributed by atoms with Gasteiger partial charge < -0.3 is 28.8 Å². The number of ether oxygens (including phenoxy) is 5. The summed E-state index contributed by atoms with van der Waals surface area (Å²) in [5.74, 6) is -1.02. The first-order valence-corrected chi connectivity index (χ1v) is 21.5. The molecular formula is C51H92O11. The first-order valence-electron chi connectivity index (χ1n) is 21.5. The SMILES string of the molecule is C.C.C.C.C.C.CCC(C)(CC(C)(CC(C)(C)C(=O)OC1CC(=O)OC1(C)C)C(=O)OC12CC3CC(CC(O)(C3)C1)C2)C(=O)OC12CC3CC(C1)CC(C(=O)OC(C)(C)C)(C3)C2. The molecule has 62 heavy (non-hydrogen) atoms.